The third kappa shape index (κ3) is 4.19. The van der Waals surface area contributed by atoms with Crippen LogP contribution in [0.25, 0.3) is 0 Å². The van der Waals surface area contributed by atoms with Gasteiger partial charge in [-0.15, -0.1) is 11.8 Å². The fourth-order valence-corrected chi connectivity index (χ4v) is 2.62. The Hall–Kier alpha value is -1.11. The predicted molar refractivity (Wildman–Crippen MR) is 70.5 cm³/mol. The van der Waals surface area contributed by atoms with Crippen molar-refractivity contribution in [1.29, 1.82) is 0 Å². The lowest BCUT2D eigenvalue weighted by molar-refractivity contribution is -0.137. The van der Waals surface area contributed by atoms with Crippen molar-refractivity contribution < 1.29 is 19.0 Å². The zero-order valence-electron chi connectivity index (χ0n) is 10.4. The molecular formula is C13H16FNO3S. The van der Waals surface area contributed by atoms with Crippen LogP contribution in [0.1, 0.15) is 0 Å². The van der Waals surface area contributed by atoms with Gasteiger partial charge in [0.05, 0.1) is 25.1 Å². The van der Waals surface area contributed by atoms with Crippen LogP contribution in [0.3, 0.4) is 0 Å². The van der Waals surface area contributed by atoms with Gasteiger partial charge in [-0.25, -0.2) is 4.39 Å². The zero-order chi connectivity index (χ0) is 13.7. The van der Waals surface area contributed by atoms with Crippen molar-refractivity contribution in [2.24, 2.45) is 0 Å². The Morgan fingerprint density at radius 2 is 2.21 bits per heavy atom. The van der Waals surface area contributed by atoms with Gasteiger partial charge in [-0.2, -0.15) is 0 Å². The van der Waals surface area contributed by atoms with Crippen LogP contribution in [0.15, 0.2) is 29.2 Å². The first-order chi connectivity index (χ1) is 9.19. The Kier molecular flexibility index (Phi) is 5.18. The number of benzene rings is 1. The molecule has 0 radical (unpaired) electrons. The molecule has 4 nitrogen and oxygen atoms in total. The van der Waals surface area contributed by atoms with Gasteiger partial charge in [0.1, 0.15) is 5.82 Å². The number of ether oxygens (including phenoxy) is 1. The molecule has 1 saturated heterocycles. The van der Waals surface area contributed by atoms with Crippen LogP contribution in [0.2, 0.25) is 0 Å². The molecule has 19 heavy (non-hydrogen) atoms. The normalized spacial score (nSPS) is 19.5. The highest BCUT2D eigenvalue weighted by atomic mass is 32.2. The van der Waals surface area contributed by atoms with E-state index in [1.165, 1.54) is 23.9 Å². The van der Waals surface area contributed by atoms with Crippen LogP contribution in [0.4, 0.5) is 4.39 Å². The van der Waals surface area contributed by atoms with Crippen molar-refractivity contribution in [3.05, 3.63) is 30.1 Å². The smallest absolute Gasteiger partial charge is 0.233 e. The Bertz CT molecular complexity index is 426. The fraction of sp³-hybridized carbons (Fsp3) is 0.462. The van der Waals surface area contributed by atoms with Gasteiger partial charge in [-0.3, -0.25) is 4.79 Å². The lowest BCUT2D eigenvalue weighted by atomic mass is 10.3. The van der Waals surface area contributed by atoms with E-state index in [1.54, 1.807) is 17.0 Å². The Morgan fingerprint density at radius 1 is 1.47 bits per heavy atom. The first kappa shape index (κ1) is 14.3. The van der Waals surface area contributed by atoms with Crippen LogP contribution >= 0.6 is 11.8 Å². The number of carbonyl (C=O) groups is 1. The first-order valence-electron chi connectivity index (χ1n) is 6.07. The highest BCUT2D eigenvalue weighted by Gasteiger charge is 2.23. The van der Waals surface area contributed by atoms with Crippen LogP contribution in [0, 0.1) is 5.82 Å². The van der Waals surface area contributed by atoms with E-state index >= 15 is 0 Å². The minimum Gasteiger partial charge on any atom is -0.394 e. The maximum absolute atomic E-state index is 12.7. The number of aliphatic hydroxyl groups excluding tert-OH is 1. The monoisotopic (exact) mass is 285 g/mol. The number of hydrogen-bond donors (Lipinski definition) is 1. The molecule has 1 unspecified atom stereocenters. The van der Waals surface area contributed by atoms with Gasteiger partial charge in [0, 0.05) is 18.0 Å². The Balaban J connectivity index is 1.82. The summed E-state index contributed by atoms with van der Waals surface area (Å²) in [7, 11) is 0. The van der Waals surface area contributed by atoms with Crippen LogP contribution in [-0.4, -0.2) is 54.1 Å². The summed E-state index contributed by atoms with van der Waals surface area (Å²) in [5.41, 5.74) is 0. The van der Waals surface area contributed by atoms with Crippen molar-refractivity contribution in [3.63, 3.8) is 0 Å². The van der Waals surface area contributed by atoms with Gasteiger partial charge in [-0.05, 0) is 24.3 Å². The van der Waals surface area contributed by atoms with Crippen molar-refractivity contribution in [2.75, 3.05) is 32.1 Å². The number of morpholine rings is 1. The second-order valence-corrected chi connectivity index (χ2v) is 5.31. The third-order valence-electron chi connectivity index (χ3n) is 2.87. The zero-order valence-corrected chi connectivity index (χ0v) is 11.2. The molecule has 1 fully saturated rings. The molecule has 1 aliphatic rings. The summed E-state index contributed by atoms with van der Waals surface area (Å²) in [6.07, 6.45) is -0.284. The maximum atomic E-state index is 12.7. The number of aliphatic hydroxyl groups is 1. The number of rotatable bonds is 4. The number of thioether (sulfide) groups is 1. The molecule has 0 aromatic heterocycles. The molecule has 0 bridgehead atoms. The molecule has 1 aliphatic heterocycles. The van der Waals surface area contributed by atoms with Gasteiger partial charge >= 0.3 is 0 Å². The van der Waals surface area contributed by atoms with Gasteiger partial charge in [0.2, 0.25) is 5.91 Å². The number of hydrogen-bond acceptors (Lipinski definition) is 4. The van der Waals surface area contributed by atoms with E-state index in [2.05, 4.69) is 0 Å². The molecule has 1 aromatic carbocycles. The van der Waals surface area contributed by atoms with E-state index in [4.69, 9.17) is 9.84 Å². The van der Waals surface area contributed by atoms with Crippen LogP contribution in [-0.2, 0) is 9.53 Å². The second kappa shape index (κ2) is 6.88. The van der Waals surface area contributed by atoms with Crippen molar-refractivity contribution >= 4 is 17.7 Å². The van der Waals surface area contributed by atoms with E-state index in [-0.39, 0.29) is 24.4 Å². The predicted octanol–water partition coefficient (Wildman–Crippen LogP) is 1.14. The summed E-state index contributed by atoms with van der Waals surface area (Å²) in [6, 6.07) is 6.07. The Morgan fingerprint density at radius 3 is 2.89 bits per heavy atom. The van der Waals surface area contributed by atoms with Gasteiger partial charge in [0.15, 0.2) is 0 Å². The molecular weight excluding hydrogens is 269 g/mol. The molecule has 1 N–H and O–H groups in total. The molecule has 2 rings (SSSR count). The van der Waals surface area contributed by atoms with E-state index < -0.39 is 0 Å². The standard InChI is InChI=1S/C13H16FNO3S/c14-10-1-3-12(4-2-10)19-9-13(17)15-5-6-18-11(7-15)8-16/h1-4,11,16H,5-9H2. The Labute approximate surface area is 115 Å². The second-order valence-electron chi connectivity index (χ2n) is 4.26. The highest BCUT2D eigenvalue weighted by Crippen LogP contribution is 2.19. The average Bonchev–Trinajstić information content (AvgIpc) is 2.46. The van der Waals surface area contributed by atoms with Gasteiger partial charge < -0.3 is 14.7 Å². The van der Waals surface area contributed by atoms with E-state index in [0.29, 0.717) is 25.4 Å². The largest absolute Gasteiger partial charge is 0.394 e. The minimum absolute atomic E-state index is 0.0103. The summed E-state index contributed by atoms with van der Waals surface area (Å²) in [5, 5.41) is 9.02. The molecule has 1 aromatic rings. The van der Waals surface area contributed by atoms with E-state index in [0.717, 1.165) is 4.90 Å². The number of amides is 1. The average molecular weight is 285 g/mol. The molecule has 1 heterocycles. The highest BCUT2D eigenvalue weighted by molar-refractivity contribution is 8.00. The summed E-state index contributed by atoms with van der Waals surface area (Å²) in [6.45, 7) is 1.37. The van der Waals surface area contributed by atoms with E-state index in [9.17, 15) is 9.18 Å². The molecule has 0 spiro atoms. The SMILES string of the molecule is O=C(CSc1ccc(F)cc1)N1CCOC(CO)C1. The quantitative estimate of drug-likeness (QED) is 0.843. The number of nitrogens with zero attached hydrogens (tertiary/aromatic N) is 1. The minimum atomic E-state index is -0.284. The fourth-order valence-electron chi connectivity index (χ4n) is 1.82. The first-order valence-corrected chi connectivity index (χ1v) is 7.06. The van der Waals surface area contributed by atoms with Crippen LogP contribution in [0.5, 0.6) is 0 Å². The number of halogens is 1. The van der Waals surface area contributed by atoms with Crippen molar-refractivity contribution in [1.82, 2.24) is 4.90 Å². The van der Waals surface area contributed by atoms with Crippen molar-refractivity contribution in [3.8, 4) is 0 Å². The summed E-state index contributed by atoms with van der Waals surface area (Å²) < 4.78 is 18.0. The molecule has 0 saturated carbocycles. The molecule has 1 amide bonds. The summed E-state index contributed by atoms with van der Waals surface area (Å²) in [4.78, 5) is 14.6. The maximum Gasteiger partial charge on any atom is 0.233 e. The number of carbonyl (C=O) groups excluding carboxylic acids is 1. The third-order valence-corrected chi connectivity index (χ3v) is 3.87. The lowest BCUT2D eigenvalue weighted by Crippen LogP contribution is -2.47. The van der Waals surface area contributed by atoms with Gasteiger partial charge in [-0.1, -0.05) is 0 Å². The van der Waals surface area contributed by atoms with E-state index in [1.807, 2.05) is 0 Å². The lowest BCUT2D eigenvalue weighted by Gasteiger charge is -2.32. The van der Waals surface area contributed by atoms with Crippen LogP contribution < -0.4 is 0 Å². The van der Waals surface area contributed by atoms with Gasteiger partial charge in [0.25, 0.3) is 0 Å². The molecule has 104 valence electrons. The topological polar surface area (TPSA) is 49.8 Å². The molecule has 6 heteroatoms. The van der Waals surface area contributed by atoms with Crippen molar-refractivity contribution in [2.45, 2.75) is 11.0 Å². The summed E-state index contributed by atoms with van der Waals surface area (Å²) in [5.74, 6) is 0.0368. The molecule has 1 atom stereocenters. The summed E-state index contributed by atoms with van der Waals surface area (Å²) >= 11 is 1.38. The molecule has 0 aliphatic carbocycles.